The van der Waals surface area contributed by atoms with E-state index in [-0.39, 0.29) is 12.1 Å². The Morgan fingerprint density at radius 1 is 1.00 bits per heavy atom. The summed E-state index contributed by atoms with van der Waals surface area (Å²) in [4.78, 5) is 26.5. The second kappa shape index (κ2) is 16.7. The highest BCUT2D eigenvalue weighted by molar-refractivity contribution is 6.30. The van der Waals surface area contributed by atoms with Gasteiger partial charge in [-0.15, -0.1) is 0 Å². The van der Waals surface area contributed by atoms with Crippen molar-refractivity contribution < 1.29 is 39.5 Å². The molecule has 2 aliphatic heterocycles. The monoisotopic (exact) mass is 639 g/mol. The number of aliphatic hydroxyl groups excluding tert-OH is 5. The number of aliphatic hydroxyl groups is 5. The molecule has 0 saturated carbocycles. The Hall–Kier alpha value is -2.49. The number of nitrogens with zero attached hydrogens (tertiary/aromatic N) is 5. The van der Waals surface area contributed by atoms with E-state index in [1.54, 1.807) is 24.5 Å². The minimum atomic E-state index is -1.69. The van der Waals surface area contributed by atoms with Gasteiger partial charge < -0.3 is 40.0 Å². The first kappa shape index (κ1) is 34.4. The van der Waals surface area contributed by atoms with E-state index in [0.717, 1.165) is 38.8 Å². The van der Waals surface area contributed by atoms with E-state index >= 15 is 4.39 Å². The molecule has 0 bridgehead atoms. The Balaban J connectivity index is 1.18. The Morgan fingerprint density at radius 3 is 2.27 bits per heavy atom. The molecule has 4 rings (SSSR count). The number of anilines is 1. The largest absolute Gasteiger partial charge is 0.493 e. The summed E-state index contributed by atoms with van der Waals surface area (Å²) in [6.45, 7) is 3.21. The number of rotatable bonds is 15. The molecule has 2 aliphatic rings. The molecule has 2 aromatic rings. The third-order valence-electron chi connectivity index (χ3n) is 8.52. The molecule has 14 heteroatoms. The van der Waals surface area contributed by atoms with Crippen LogP contribution >= 0.6 is 11.6 Å². The van der Waals surface area contributed by atoms with Gasteiger partial charge in [-0.25, -0.2) is 14.4 Å². The lowest BCUT2D eigenvalue weighted by Crippen LogP contribution is -2.54. The van der Waals surface area contributed by atoms with Crippen molar-refractivity contribution in [2.75, 3.05) is 63.9 Å². The number of ether oxygens (including phenoxy) is 1. The molecule has 0 spiro atoms. The molecule has 12 nitrogen and oxygen atoms in total. The molecule has 2 saturated heterocycles. The molecule has 0 aliphatic carbocycles. The Labute approximate surface area is 261 Å². The summed E-state index contributed by atoms with van der Waals surface area (Å²) >= 11 is 5.88. The van der Waals surface area contributed by atoms with Crippen molar-refractivity contribution in [1.82, 2.24) is 19.8 Å². The van der Waals surface area contributed by atoms with E-state index in [2.05, 4.69) is 14.9 Å². The minimum absolute atomic E-state index is 0.0218. The molecule has 5 N–H and O–H groups in total. The zero-order valence-electron chi connectivity index (χ0n) is 24.7. The quantitative estimate of drug-likeness (QED) is 0.137. The van der Waals surface area contributed by atoms with E-state index in [4.69, 9.17) is 21.4 Å². The van der Waals surface area contributed by atoms with Gasteiger partial charge in [-0.2, -0.15) is 0 Å². The van der Waals surface area contributed by atoms with E-state index in [1.165, 1.54) is 6.07 Å². The summed E-state index contributed by atoms with van der Waals surface area (Å²) in [5.74, 6) is 1.17. The topological polar surface area (TPSA) is 163 Å². The zero-order valence-corrected chi connectivity index (χ0v) is 25.4. The summed E-state index contributed by atoms with van der Waals surface area (Å²) < 4.78 is 20.9. The molecule has 244 valence electrons. The summed E-state index contributed by atoms with van der Waals surface area (Å²) in [5.41, 5.74) is 0.258. The molecule has 3 heterocycles. The van der Waals surface area contributed by atoms with Crippen LogP contribution in [0.15, 0.2) is 30.6 Å². The number of carbonyl (C=O) groups is 1. The molecule has 1 aromatic heterocycles. The standard InChI is InChI=1S/C30H43ClFN5O7/c31-21-15-33-30(34-16-21)37-7-5-20(6-8-37)2-1-13-44-22-3-4-23(24(32)14-22)25(18-38)36-11-9-35(10-12-36)17-26(40)28(42)29(43)27(41)19-39/h3-4,14-16,18,20,25-29,39-43H,1-2,5-13,17,19H2/t25?,26-,27+,28+,29+/m0/s1. The number of aldehydes is 1. The Kier molecular flexibility index (Phi) is 13.1. The van der Waals surface area contributed by atoms with Crippen molar-refractivity contribution in [1.29, 1.82) is 0 Å². The maximum atomic E-state index is 15.1. The third kappa shape index (κ3) is 9.27. The number of hydrogen-bond acceptors (Lipinski definition) is 12. The van der Waals surface area contributed by atoms with Crippen LogP contribution in [0.5, 0.6) is 5.75 Å². The van der Waals surface area contributed by atoms with Crippen LogP contribution in [0, 0.1) is 11.7 Å². The fourth-order valence-corrected chi connectivity index (χ4v) is 5.90. The lowest BCUT2D eigenvalue weighted by atomic mass is 9.92. The molecule has 0 radical (unpaired) electrons. The van der Waals surface area contributed by atoms with Gasteiger partial charge in [-0.1, -0.05) is 17.7 Å². The van der Waals surface area contributed by atoms with Gasteiger partial charge in [0, 0.05) is 57.4 Å². The summed E-state index contributed by atoms with van der Waals surface area (Å²) in [6, 6.07) is 3.79. The van der Waals surface area contributed by atoms with E-state index in [1.807, 2.05) is 9.80 Å². The molecule has 1 unspecified atom stereocenters. The summed E-state index contributed by atoms with van der Waals surface area (Å²) in [5, 5.41) is 49.1. The fourth-order valence-electron chi connectivity index (χ4n) is 5.81. The molecule has 2 fully saturated rings. The predicted octanol–water partition coefficient (Wildman–Crippen LogP) is 0.638. The zero-order chi connectivity index (χ0) is 31.6. The molecule has 0 amide bonds. The first-order chi connectivity index (χ1) is 21.2. The number of β-amino-alcohol motifs (C(OH)–C–C–N with tert-alkyl or cyclic N) is 1. The average Bonchev–Trinajstić information content (AvgIpc) is 3.04. The lowest BCUT2D eigenvalue weighted by Gasteiger charge is -2.39. The maximum absolute atomic E-state index is 15.1. The minimum Gasteiger partial charge on any atom is -0.493 e. The van der Waals surface area contributed by atoms with Gasteiger partial charge in [0.05, 0.1) is 42.8 Å². The number of piperidine rings is 1. The number of halogens is 2. The van der Waals surface area contributed by atoms with Gasteiger partial charge in [-0.3, -0.25) is 9.80 Å². The van der Waals surface area contributed by atoms with Crippen molar-refractivity contribution in [2.45, 2.75) is 56.1 Å². The van der Waals surface area contributed by atoms with Crippen molar-refractivity contribution in [2.24, 2.45) is 5.92 Å². The Bertz CT molecular complexity index is 1170. The van der Waals surface area contributed by atoms with Crippen LogP contribution in [0.2, 0.25) is 5.02 Å². The molecular formula is C30H43ClFN5O7. The first-order valence-electron chi connectivity index (χ1n) is 15.1. The van der Waals surface area contributed by atoms with Crippen LogP contribution in [-0.4, -0.2) is 135 Å². The fraction of sp³-hybridized carbons (Fsp3) is 0.633. The lowest BCUT2D eigenvalue weighted by molar-refractivity contribution is -0.122. The second-order valence-electron chi connectivity index (χ2n) is 11.5. The number of hydrogen-bond donors (Lipinski definition) is 5. The van der Waals surface area contributed by atoms with Crippen LogP contribution in [0.3, 0.4) is 0 Å². The van der Waals surface area contributed by atoms with Gasteiger partial charge in [-0.05, 0) is 37.7 Å². The van der Waals surface area contributed by atoms with Crippen molar-refractivity contribution in [3.05, 3.63) is 47.0 Å². The van der Waals surface area contributed by atoms with Crippen LogP contribution in [-0.2, 0) is 4.79 Å². The predicted molar refractivity (Wildman–Crippen MR) is 161 cm³/mol. The van der Waals surface area contributed by atoms with Crippen LogP contribution in [0.1, 0.15) is 37.3 Å². The van der Waals surface area contributed by atoms with Gasteiger partial charge >= 0.3 is 0 Å². The van der Waals surface area contributed by atoms with Crippen molar-refractivity contribution in [3.8, 4) is 5.75 Å². The summed E-state index contributed by atoms with van der Waals surface area (Å²) in [7, 11) is 0. The van der Waals surface area contributed by atoms with Crippen LogP contribution in [0.25, 0.3) is 0 Å². The number of carbonyl (C=O) groups excluding carboxylic acids is 1. The van der Waals surface area contributed by atoms with E-state index in [9.17, 15) is 25.2 Å². The molecule has 1 aromatic carbocycles. The van der Waals surface area contributed by atoms with Gasteiger partial charge in [0.1, 0.15) is 36.2 Å². The van der Waals surface area contributed by atoms with E-state index in [0.29, 0.717) is 61.7 Å². The average molecular weight is 640 g/mol. The molecular weight excluding hydrogens is 597 g/mol. The second-order valence-corrected chi connectivity index (χ2v) is 12.0. The Morgan fingerprint density at radius 2 is 1.66 bits per heavy atom. The number of piperazine rings is 1. The van der Waals surface area contributed by atoms with Crippen molar-refractivity contribution in [3.63, 3.8) is 0 Å². The van der Waals surface area contributed by atoms with Crippen LogP contribution in [0.4, 0.5) is 10.3 Å². The maximum Gasteiger partial charge on any atom is 0.225 e. The number of benzene rings is 1. The van der Waals surface area contributed by atoms with Gasteiger partial charge in [0.25, 0.3) is 0 Å². The SMILES string of the molecule is O=CC(c1ccc(OCCCC2CCN(c3ncc(Cl)cn3)CC2)cc1F)N1CCN(C[C@H](O)[C@@H](O)[C@H](O)[C@H](O)CO)CC1. The highest BCUT2D eigenvalue weighted by atomic mass is 35.5. The van der Waals surface area contributed by atoms with Gasteiger partial charge in [0.2, 0.25) is 5.95 Å². The van der Waals surface area contributed by atoms with Gasteiger partial charge in [0.15, 0.2) is 0 Å². The highest BCUT2D eigenvalue weighted by Crippen LogP contribution is 2.28. The summed E-state index contributed by atoms with van der Waals surface area (Å²) in [6.07, 6.45) is 1.62. The third-order valence-corrected chi connectivity index (χ3v) is 8.72. The number of aromatic nitrogens is 2. The smallest absolute Gasteiger partial charge is 0.225 e. The molecule has 5 atom stereocenters. The first-order valence-corrected chi connectivity index (χ1v) is 15.5. The van der Waals surface area contributed by atoms with Crippen molar-refractivity contribution >= 4 is 23.8 Å². The van der Waals surface area contributed by atoms with Crippen LogP contribution < -0.4 is 9.64 Å². The van der Waals surface area contributed by atoms with E-state index < -0.39 is 42.9 Å². The highest BCUT2D eigenvalue weighted by Gasteiger charge is 2.33. The molecule has 44 heavy (non-hydrogen) atoms. The normalized spacial score (nSPS) is 20.6.